The van der Waals surface area contributed by atoms with Crippen LogP contribution < -0.4 is 10.6 Å². The number of ether oxygens (including phenoxy) is 1. The summed E-state index contributed by atoms with van der Waals surface area (Å²) >= 11 is 0. The zero-order valence-corrected chi connectivity index (χ0v) is 15.2. The van der Waals surface area contributed by atoms with Gasteiger partial charge in [-0.1, -0.05) is 6.92 Å². The van der Waals surface area contributed by atoms with E-state index in [2.05, 4.69) is 10.6 Å². The molecule has 0 atom stereocenters. The Morgan fingerprint density at radius 1 is 1.24 bits per heavy atom. The Labute approximate surface area is 149 Å². The van der Waals surface area contributed by atoms with Crippen molar-refractivity contribution in [1.29, 1.82) is 0 Å². The smallest absolute Gasteiger partial charge is 0.289 e. The molecule has 2 heterocycles. The van der Waals surface area contributed by atoms with Gasteiger partial charge in [0.2, 0.25) is 5.91 Å². The number of hydrogen-bond acceptors (Lipinski definition) is 5. The Morgan fingerprint density at radius 3 is 2.64 bits per heavy atom. The van der Waals surface area contributed by atoms with Gasteiger partial charge in [-0.15, -0.1) is 0 Å². The van der Waals surface area contributed by atoms with Crippen LogP contribution in [0.15, 0.2) is 16.5 Å². The predicted molar refractivity (Wildman–Crippen MR) is 94.5 cm³/mol. The van der Waals surface area contributed by atoms with E-state index in [0.29, 0.717) is 44.8 Å². The average Bonchev–Trinajstić information content (AvgIpc) is 3.13. The maximum absolute atomic E-state index is 12.4. The molecule has 1 aromatic rings. The van der Waals surface area contributed by atoms with Crippen LogP contribution in [0.2, 0.25) is 0 Å². The van der Waals surface area contributed by atoms with Crippen LogP contribution in [0.4, 0.5) is 0 Å². The highest BCUT2D eigenvalue weighted by Crippen LogP contribution is 2.20. The predicted octanol–water partition coefficient (Wildman–Crippen LogP) is 1.05. The van der Waals surface area contributed by atoms with Crippen molar-refractivity contribution < 1.29 is 18.7 Å². The minimum absolute atomic E-state index is 0.0224. The van der Waals surface area contributed by atoms with Crippen molar-refractivity contribution in [3.63, 3.8) is 0 Å². The Morgan fingerprint density at radius 2 is 2.00 bits per heavy atom. The van der Waals surface area contributed by atoms with Gasteiger partial charge in [-0.05, 0) is 25.0 Å². The molecule has 2 amide bonds. The molecule has 1 aliphatic rings. The van der Waals surface area contributed by atoms with Crippen LogP contribution in [-0.2, 0) is 16.0 Å². The number of nitrogens with one attached hydrogen (secondary N) is 2. The highest BCUT2D eigenvalue weighted by molar-refractivity contribution is 5.91. The molecule has 0 aromatic carbocycles. The van der Waals surface area contributed by atoms with Crippen LogP contribution in [0.1, 0.15) is 36.1 Å². The van der Waals surface area contributed by atoms with Crippen molar-refractivity contribution in [1.82, 2.24) is 15.5 Å². The number of likely N-dealkylation sites (tertiary alicyclic amines) is 1. The number of hydrogen-bond donors (Lipinski definition) is 2. The van der Waals surface area contributed by atoms with E-state index in [0.717, 1.165) is 25.3 Å². The Hall–Kier alpha value is -1.86. The van der Waals surface area contributed by atoms with E-state index >= 15 is 0 Å². The van der Waals surface area contributed by atoms with Gasteiger partial charge in [0.15, 0.2) is 5.76 Å². The van der Waals surface area contributed by atoms with Crippen molar-refractivity contribution in [2.45, 2.75) is 26.2 Å². The molecule has 0 unspecified atom stereocenters. The van der Waals surface area contributed by atoms with Gasteiger partial charge in [0.25, 0.3) is 5.91 Å². The molecule has 0 saturated carbocycles. The molecule has 1 fully saturated rings. The number of furan rings is 1. The summed E-state index contributed by atoms with van der Waals surface area (Å²) < 4.78 is 10.5. The molecule has 25 heavy (non-hydrogen) atoms. The normalized spacial score (nSPS) is 15.4. The molecule has 2 rings (SSSR count). The van der Waals surface area contributed by atoms with Gasteiger partial charge in [-0.25, -0.2) is 0 Å². The number of piperidine rings is 1. The van der Waals surface area contributed by atoms with Crippen LogP contribution in [0, 0.1) is 5.92 Å². The monoisotopic (exact) mass is 351 g/mol. The SMILES string of the molecule is CCc1ccc(C(=O)N2CCC(C(=O)NCCNCCOC)CC2)o1. The quantitative estimate of drug-likeness (QED) is 0.650. The van der Waals surface area contributed by atoms with Gasteiger partial charge in [0.1, 0.15) is 5.76 Å². The summed E-state index contributed by atoms with van der Waals surface area (Å²) in [5.74, 6) is 1.18. The fourth-order valence-electron chi connectivity index (χ4n) is 2.90. The fraction of sp³-hybridized carbons (Fsp3) is 0.667. The topological polar surface area (TPSA) is 83.8 Å². The first-order valence-electron chi connectivity index (χ1n) is 9.01. The van der Waals surface area contributed by atoms with Gasteiger partial charge in [0, 0.05) is 52.2 Å². The first-order valence-corrected chi connectivity index (χ1v) is 9.01. The van der Waals surface area contributed by atoms with Gasteiger partial charge in [-0.2, -0.15) is 0 Å². The molecule has 0 spiro atoms. The molecular weight excluding hydrogens is 322 g/mol. The summed E-state index contributed by atoms with van der Waals surface area (Å²) in [6.07, 6.45) is 2.15. The molecule has 1 aromatic heterocycles. The molecular formula is C18H29N3O4. The lowest BCUT2D eigenvalue weighted by atomic mass is 9.95. The average molecular weight is 351 g/mol. The van der Waals surface area contributed by atoms with E-state index < -0.39 is 0 Å². The number of amides is 2. The summed E-state index contributed by atoms with van der Waals surface area (Å²) in [6.45, 7) is 5.94. The van der Waals surface area contributed by atoms with Crippen LogP contribution in [0.25, 0.3) is 0 Å². The van der Waals surface area contributed by atoms with E-state index in [1.165, 1.54) is 0 Å². The van der Waals surface area contributed by atoms with Gasteiger partial charge < -0.3 is 24.7 Å². The van der Waals surface area contributed by atoms with E-state index in [1.807, 2.05) is 13.0 Å². The molecule has 7 nitrogen and oxygen atoms in total. The van der Waals surface area contributed by atoms with Crippen LogP contribution in [0.5, 0.6) is 0 Å². The van der Waals surface area contributed by atoms with Crippen LogP contribution in [-0.4, -0.2) is 63.2 Å². The molecule has 140 valence electrons. The lowest BCUT2D eigenvalue weighted by molar-refractivity contribution is -0.126. The minimum Gasteiger partial charge on any atom is -0.456 e. The van der Waals surface area contributed by atoms with Crippen molar-refractivity contribution in [2.75, 3.05) is 46.4 Å². The zero-order chi connectivity index (χ0) is 18.1. The Balaban J connectivity index is 1.68. The molecule has 1 saturated heterocycles. The molecule has 1 aliphatic heterocycles. The van der Waals surface area contributed by atoms with Crippen molar-refractivity contribution >= 4 is 11.8 Å². The van der Waals surface area contributed by atoms with E-state index in [4.69, 9.17) is 9.15 Å². The molecule has 7 heteroatoms. The second-order valence-electron chi connectivity index (χ2n) is 6.22. The number of aryl methyl sites for hydroxylation is 1. The zero-order valence-electron chi connectivity index (χ0n) is 15.2. The van der Waals surface area contributed by atoms with E-state index in [-0.39, 0.29) is 17.7 Å². The maximum Gasteiger partial charge on any atom is 0.289 e. The third-order valence-corrected chi connectivity index (χ3v) is 4.46. The summed E-state index contributed by atoms with van der Waals surface area (Å²) in [4.78, 5) is 26.4. The van der Waals surface area contributed by atoms with Gasteiger partial charge in [0.05, 0.1) is 6.61 Å². The first kappa shape index (κ1) is 19.5. The van der Waals surface area contributed by atoms with Crippen LogP contribution in [0.3, 0.4) is 0 Å². The van der Waals surface area contributed by atoms with Crippen molar-refractivity contribution in [3.05, 3.63) is 23.7 Å². The van der Waals surface area contributed by atoms with Crippen molar-refractivity contribution in [3.8, 4) is 0 Å². The molecule has 0 radical (unpaired) electrons. The number of rotatable bonds is 9. The largest absolute Gasteiger partial charge is 0.456 e. The molecule has 0 aliphatic carbocycles. The first-order chi connectivity index (χ1) is 12.2. The van der Waals surface area contributed by atoms with Crippen LogP contribution >= 0.6 is 0 Å². The third kappa shape index (κ3) is 5.86. The van der Waals surface area contributed by atoms with Crippen molar-refractivity contribution in [2.24, 2.45) is 5.92 Å². The summed E-state index contributed by atoms with van der Waals surface area (Å²) in [7, 11) is 1.66. The Kier molecular flexibility index (Phi) is 7.94. The number of nitrogens with zero attached hydrogens (tertiary/aromatic N) is 1. The summed E-state index contributed by atoms with van der Waals surface area (Å²) in [5.41, 5.74) is 0. The van der Waals surface area contributed by atoms with Gasteiger partial charge in [-0.3, -0.25) is 9.59 Å². The minimum atomic E-state index is -0.0825. The number of methoxy groups -OCH3 is 1. The second kappa shape index (κ2) is 10.2. The highest BCUT2D eigenvalue weighted by Gasteiger charge is 2.28. The third-order valence-electron chi connectivity index (χ3n) is 4.46. The lowest BCUT2D eigenvalue weighted by Crippen LogP contribution is -2.44. The number of carbonyl (C=O) groups excluding carboxylic acids is 2. The standard InChI is InChI=1S/C18H29N3O4/c1-3-15-4-5-16(25-15)18(23)21-11-6-14(7-12-21)17(22)20-9-8-19-10-13-24-2/h4-5,14,19H,3,6-13H2,1-2H3,(H,20,22). The lowest BCUT2D eigenvalue weighted by Gasteiger charge is -2.30. The van der Waals surface area contributed by atoms with E-state index in [9.17, 15) is 9.59 Å². The highest BCUT2D eigenvalue weighted by atomic mass is 16.5. The second-order valence-corrected chi connectivity index (χ2v) is 6.22. The summed E-state index contributed by atoms with van der Waals surface area (Å²) in [6, 6.07) is 3.57. The molecule has 2 N–H and O–H groups in total. The van der Waals surface area contributed by atoms with Gasteiger partial charge >= 0.3 is 0 Å². The Bertz CT molecular complexity index is 550. The summed E-state index contributed by atoms with van der Waals surface area (Å²) in [5, 5.41) is 6.14. The fourth-order valence-corrected chi connectivity index (χ4v) is 2.90. The molecule has 0 bridgehead atoms. The number of carbonyl (C=O) groups is 2. The maximum atomic E-state index is 12.4. The van der Waals surface area contributed by atoms with E-state index in [1.54, 1.807) is 18.1 Å².